The summed E-state index contributed by atoms with van der Waals surface area (Å²) in [6.45, 7) is 1.52. The number of rotatable bonds is 3. The molecule has 4 rings (SSSR count). The van der Waals surface area contributed by atoms with E-state index in [4.69, 9.17) is 16.1 Å². The fourth-order valence-corrected chi connectivity index (χ4v) is 5.01. The molecule has 1 atom stereocenters. The highest BCUT2D eigenvalue weighted by Gasteiger charge is 2.47. The van der Waals surface area contributed by atoms with Crippen LogP contribution in [0.15, 0.2) is 33.9 Å². The summed E-state index contributed by atoms with van der Waals surface area (Å²) in [5, 5.41) is 14.1. The van der Waals surface area contributed by atoms with Crippen LogP contribution in [0.25, 0.3) is 5.65 Å². The van der Waals surface area contributed by atoms with Crippen molar-refractivity contribution in [2.24, 2.45) is 0 Å². The topological polar surface area (TPSA) is 114 Å². The maximum Gasteiger partial charge on any atom is 0.262 e. The van der Waals surface area contributed by atoms with E-state index in [2.05, 4.69) is 15.1 Å². The highest BCUT2D eigenvalue weighted by Crippen LogP contribution is 2.35. The van der Waals surface area contributed by atoms with Crippen molar-refractivity contribution < 1.29 is 18.0 Å². The molecule has 0 saturated carbocycles. The Labute approximate surface area is 147 Å². The molecule has 1 aliphatic rings. The predicted octanol–water partition coefficient (Wildman–Crippen LogP) is 0.961. The lowest BCUT2D eigenvalue weighted by molar-refractivity contribution is 0.0194. The smallest absolute Gasteiger partial charge is 0.262 e. The summed E-state index contributed by atoms with van der Waals surface area (Å²) in [5.74, 6) is 0.376. The molecule has 9 nitrogen and oxygen atoms in total. The number of fused-ring (bicyclic) bond motifs is 1. The van der Waals surface area contributed by atoms with Crippen molar-refractivity contribution >= 4 is 27.3 Å². The Kier molecular flexibility index (Phi) is 3.62. The van der Waals surface area contributed by atoms with Gasteiger partial charge in [-0.15, -0.1) is 0 Å². The summed E-state index contributed by atoms with van der Waals surface area (Å²) in [4.78, 5) is 8.09. The van der Waals surface area contributed by atoms with E-state index >= 15 is 0 Å². The third kappa shape index (κ3) is 2.53. The Morgan fingerprint density at radius 1 is 1.36 bits per heavy atom. The first-order valence-electron chi connectivity index (χ1n) is 7.47. The quantitative estimate of drug-likeness (QED) is 0.716. The van der Waals surface area contributed by atoms with Gasteiger partial charge in [-0.1, -0.05) is 22.8 Å². The standard InChI is InChI=1S/C14H14ClN5O4S/c1-9-16-13(24-18-9)14(21)5-7-19(8-14)25(22,23)12-11(15)17-10-4-2-3-6-20(10)12/h2-4,6,21H,5,7-8H2,1H3. The van der Waals surface area contributed by atoms with E-state index in [9.17, 15) is 13.5 Å². The molecule has 1 saturated heterocycles. The van der Waals surface area contributed by atoms with E-state index in [0.717, 1.165) is 4.31 Å². The van der Waals surface area contributed by atoms with Crippen LogP contribution in [-0.2, 0) is 15.6 Å². The van der Waals surface area contributed by atoms with Crippen LogP contribution in [0, 0.1) is 6.92 Å². The number of hydrogen-bond donors (Lipinski definition) is 1. The molecular weight excluding hydrogens is 370 g/mol. The number of aryl methyl sites for hydroxylation is 1. The van der Waals surface area contributed by atoms with Crippen molar-refractivity contribution in [1.29, 1.82) is 0 Å². The monoisotopic (exact) mass is 383 g/mol. The number of imidazole rings is 1. The lowest BCUT2D eigenvalue weighted by Crippen LogP contribution is -2.35. The molecule has 1 N–H and O–H groups in total. The minimum absolute atomic E-state index is 0.00643. The highest BCUT2D eigenvalue weighted by molar-refractivity contribution is 7.89. The van der Waals surface area contributed by atoms with E-state index in [1.165, 1.54) is 4.40 Å². The van der Waals surface area contributed by atoms with E-state index in [1.54, 1.807) is 31.3 Å². The molecule has 11 heteroatoms. The van der Waals surface area contributed by atoms with Gasteiger partial charge in [0.2, 0.25) is 0 Å². The second kappa shape index (κ2) is 5.49. The van der Waals surface area contributed by atoms with Gasteiger partial charge in [-0.05, 0) is 19.1 Å². The minimum atomic E-state index is -3.97. The summed E-state index contributed by atoms with van der Waals surface area (Å²) in [6.07, 6.45) is 1.72. The van der Waals surface area contributed by atoms with Gasteiger partial charge in [0, 0.05) is 19.2 Å². The molecule has 1 unspecified atom stereocenters. The van der Waals surface area contributed by atoms with Crippen LogP contribution in [0.1, 0.15) is 18.1 Å². The zero-order chi connectivity index (χ0) is 17.8. The molecule has 4 heterocycles. The largest absolute Gasteiger partial charge is 0.379 e. The van der Waals surface area contributed by atoms with E-state index < -0.39 is 15.6 Å². The second-order valence-electron chi connectivity index (χ2n) is 5.90. The molecule has 0 bridgehead atoms. The molecule has 1 fully saturated rings. The van der Waals surface area contributed by atoms with Crippen molar-refractivity contribution in [3.05, 3.63) is 41.3 Å². The van der Waals surface area contributed by atoms with Gasteiger partial charge in [-0.3, -0.25) is 4.40 Å². The van der Waals surface area contributed by atoms with Crippen LogP contribution in [0.5, 0.6) is 0 Å². The third-order valence-corrected chi connectivity index (χ3v) is 6.41. The van der Waals surface area contributed by atoms with Crippen molar-refractivity contribution in [1.82, 2.24) is 23.8 Å². The first kappa shape index (κ1) is 16.5. The maximum atomic E-state index is 13.1. The highest BCUT2D eigenvalue weighted by atomic mass is 35.5. The van der Waals surface area contributed by atoms with Crippen LogP contribution < -0.4 is 0 Å². The summed E-state index contributed by atoms with van der Waals surface area (Å²) < 4.78 is 33.7. The van der Waals surface area contributed by atoms with E-state index in [0.29, 0.717) is 11.5 Å². The number of halogens is 1. The van der Waals surface area contributed by atoms with E-state index in [-0.39, 0.29) is 35.6 Å². The molecule has 3 aromatic heterocycles. The molecule has 0 aliphatic carbocycles. The molecule has 3 aromatic rings. The Morgan fingerprint density at radius 3 is 2.88 bits per heavy atom. The molecule has 0 radical (unpaired) electrons. The minimum Gasteiger partial charge on any atom is -0.379 e. The lowest BCUT2D eigenvalue weighted by Gasteiger charge is -2.19. The number of pyridine rings is 1. The Balaban J connectivity index is 1.73. The number of aliphatic hydroxyl groups is 1. The van der Waals surface area contributed by atoms with Gasteiger partial charge in [0.05, 0.1) is 6.54 Å². The van der Waals surface area contributed by atoms with Crippen LogP contribution in [0.2, 0.25) is 5.15 Å². The number of aromatic nitrogens is 4. The van der Waals surface area contributed by atoms with Crippen LogP contribution in [0.3, 0.4) is 0 Å². The Hall–Kier alpha value is -2.01. The van der Waals surface area contributed by atoms with Crippen LogP contribution in [-0.4, -0.2) is 50.4 Å². The van der Waals surface area contributed by atoms with Crippen molar-refractivity contribution in [2.75, 3.05) is 13.1 Å². The van der Waals surface area contributed by atoms with Gasteiger partial charge < -0.3 is 9.63 Å². The first-order chi connectivity index (χ1) is 11.8. The molecule has 25 heavy (non-hydrogen) atoms. The average molecular weight is 384 g/mol. The SMILES string of the molecule is Cc1noc(C2(O)CCN(S(=O)(=O)c3c(Cl)nc4ccccn34)C2)n1. The third-order valence-electron chi connectivity index (χ3n) is 4.17. The number of β-amino-alcohol motifs (C(OH)–C–C–N with tert-alkyl or cyclic N) is 1. The van der Waals surface area contributed by atoms with Gasteiger partial charge in [-0.2, -0.15) is 9.29 Å². The molecule has 0 aromatic carbocycles. The molecule has 0 spiro atoms. The van der Waals surface area contributed by atoms with Gasteiger partial charge in [-0.25, -0.2) is 13.4 Å². The predicted molar refractivity (Wildman–Crippen MR) is 86.5 cm³/mol. The van der Waals surface area contributed by atoms with E-state index in [1.807, 2.05) is 0 Å². The van der Waals surface area contributed by atoms with Gasteiger partial charge in [0.1, 0.15) is 5.65 Å². The van der Waals surface area contributed by atoms with Gasteiger partial charge in [0.25, 0.3) is 15.9 Å². The fraction of sp³-hybridized carbons (Fsp3) is 0.357. The van der Waals surface area contributed by atoms with Gasteiger partial charge >= 0.3 is 0 Å². The Morgan fingerprint density at radius 2 is 2.16 bits per heavy atom. The van der Waals surface area contributed by atoms with Crippen molar-refractivity contribution in [3.8, 4) is 0 Å². The summed E-state index contributed by atoms with van der Waals surface area (Å²) in [5.41, 5.74) is -1.10. The molecule has 0 amide bonds. The molecule has 132 valence electrons. The number of hydrogen-bond acceptors (Lipinski definition) is 7. The number of nitrogens with zero attached hydrogens (tertiary/aromatic N) is 5. The zero-order valence-corrected chi connectivity index (χ0v) is 14.7. The summed E-state index contributed by atoms with van der Waals surface area (Å²) in [7, 11) is -3.97. The average Bonchev–Trinajstić information content (AvgIpc) is 3.24. The van der Waals surface area contributed by atoms with Crippen LogP contribution in [0.4, 0.5) is 0 Å². The van der Waals surface area contributed by atoms with Gasteiger partial charge in [0.15, 0.2) is 21.6 Å². The Bertz CT molecular complexity index is 1060. The summed E-state index contributed by atoms with van der Waals surface area (Å²) >= 11 is 6.08. The normalized spacial score (nSPS) is 22.0. The van der Waals surface area contributed by atoms with Crippen molar-refractivity contribution in [3.63, 3.8) is 0 Å². The first-order valence-corrected chi connectivity index (χ1v) is 9.29. The lowest BCUT2D eigenvalue weighted by atomic mass is 10.0. The second-order valence-corrected chi connectivity index (χ2v) is 8.11. The zero-order valence-electron chi connectivity index (χ0n) is 13.1. The number of sulfonamides is 1. The summed E-state index contributed by atoms with van der Waals surface area (Å²) in [6, 6.07) is 5.08. The maximum absolute atomic E-state index is 13.1. The fourth-order valence-electron chi connectivity index (χ4n) is 2.92. The molecule has 1 aliphatic heterocycles. The van der Waals surface area contributed by atoms with Crippen molar-refractivity contribution in [2.45, 2.75) is 24.0 Å². The molecular formula is C14H14ClN5O4S. The van der Waals surface area contributed by atoms with Crippen LogP contribution >= 0.6 is 11.6 Å².